The summed E-state index contributed by atoms with van der Waals surface area (Å²) in [5, 5.41) is 3.51. The van der Waals surface area contributed by atoms with Crippen molar-refractivity contribution in [2.75, 3.05) is 13.6 Å². The maximum Gasteiger partial charge on any atom is 0.417 e. The first-order valence-corrected chi connectivity index (χ1v) is 14.0. The van der Waals surface area contributed by atoms with Gasteiger partial charge in [0.1, 0.15) is 5.82 Å². The predicted octanol–water partition coefficient (Wildman–Crippen LogP) is 7.53. The summed E-state index contributed by atoms with van der Waals surface area (Å²) in [5.41, 5.74) is 6.55. The van der Waals surface area contributed by atoms with Gasteiger partial charge in [-0.3, -0.25) is 9.79 Å². The highest BCUT2D eigenvalue weighted by Crippen LogP contribution is 2.38. The zero-order valence-corrected chi connectivity index (χ0v) is 23.9. The van der Waals surface area contributed by atoms with Crippen LogP contribution >= 0.6 is 11.6 Å². The Kier molecular flexibility index (Phi) is 11.3. The van der Waals surface area contributed by atoms with Crippen LogP contribution in [0.2, 0.25) is 5.02 Å². The average molecular weight is 599 g/mol. The van der Waals surface area contributed by atoms with Crippen molar-refractivity contribution >= 4 is 35.4 Å². The summed E-state index contributed by atoms with van der Waals surface area (Å²) in [6, 6.07) is 6.84. The van der Waals surface area contributed by atoms with E-state index < -0.39 is 35.4 Å². The smallest absolute Gasteiger partial charge is 0.395 e. The molecule has 41 heavy (non-hydrogen) atoms. The molecule has 3 atom stereocenters. The number of aliphatic imine (C=N–C) groups is 2. The molecule has 1 aromatic rings. The van der Waals surface area contributed by atoms with Gasteiger partial charge < -0.3 is 11.1 Å². The molecule has 0 radical (unpaired) electrons. The number of halogens is 6. The van der Waals surface area contributed by atoms with Gasteiger partial charge in [-0.2, -0.15) is 13.2 Å². The molecule has 1 aliphatic carbocycles. The van der Waals surface area contributed by atoms with Gasteiger partial charge in [0.15, 0.2) is 5.78 Å². The van der Waals surface area contributed by atoms with Gasteiger partial charge in [-0.1, -0.05) is 36.7 Å². The number of ketones is 1. The lowest BCUT2D eigenvalue weighted by Crippen LogP contribution is -2.33. The molecule has 0 bridgehead atoms. The maximum atomic E-state index is 14.8. The van der Waals surface area contributed by atoms with Crippen molar-refractivity contribution in [3.63, 3.8) is 0 Å². The maximum absolute atomic E-state index is 14.8. The third-order valence-corrected chi connectivity index (χ3v) is 7.75. The van der Waals surface area contributed by atoms with Crippen LogP contribution < -0.4 is 11.1 Å². The molecule has 2 unspecified atom stereocenters. The molecule has 224 valence electrons. The molecule has 0 aromatic heterocycles. The van der Waals surface area contributed by atoms with Crippen LogP contribution in [-0.2, 0) is 4.79 Å². The number of rotatable bonds is 7. The minimum atomic E-state index is -4.52. The Balaban J connectivity index is 1.87. The fraction of sp³-hybridized carbons (Fsp3) is 0.500. The number of nitrogens with one attached hydrogen (secondary N) is 1. The Hall–Kier alpha value is -3.01. The number of nitrogens with two attached hydrogens (primary N) is 1. The summed E-state index contributed by atoms with van der Waals surface area (Å²) in [4.78, 5) is 21.8. The van der Waals surface area contributed by atoms with Gasteiger partial charge in [0.05, 0.1) is 11.3 Å². The van der Waals surface area contributed by atoms with Crippen LogP contribution in [0.4, 0.5) is 22.0 Å². The SMILES string of the molecule is CN=CC(=C(N)C(=O)C1CCCC(F)(F)C[C@@H](C)C(CNC2=CCC/C=C(\C(F)(F)F)C=N2)C1)c1cccc(Cl)c1. The molecule has 3 N–H and O–H groups in total. The van der Waals surface area contributed by atoms with Crippen molar-refractivity contribution in [2.45, 2.75) is 64.0 Å². The highest BCUT2D eigenvalue weighted by molar-refractivity contribution is 6.31. The third-order valence-electron chi connectivity index (χ3n) is 7.51. The summed E-state index contributed by atoms with van der Waals surface area (Å²) in [6.45, 7) is 1.88. The molecule has 0 spiro atoms. The Labute approximate surface area is 242 Å². The van der Waals surface area contributed by atoms with Crippen molar-refractivity contribution in [3.05, 3.63) is 64.1 Å². The standard InChI is InChI=1S/C30H36ClF5N4O/c1-19-15-29(32,33)12-6-8-21(28(41)27(37)25(18-38-2)20-7-5-10-24(31)14-20)13-22(19)16-39-26-11-4-3-9-23(17-40-26)30(34,35)36/h5,7,9-11,14,17-19,21-22,39H,3-4,6,8,12-13,15-16,37H2,1-2H3/b23-9-,26-11?,27-25?,38-18?,40-17?/t19-,21?,22?/m1/s1. The number of benzene rings is 1. The van der Waals surface area contributed by atoms with E-state index in [0.717, 1.165) is 12.3 Å². The van der Waals surface area contributed by atoms with E-state index >= 15 is 0 Å². The number of allylic oxidation sites excluding steroid dienone is 5. The van der Waals surface area contributed by atoms with Gasteiger partial charge in [0.2, 0.25) is 5.92 Å². The zero-order chi connectivity index (χ0) is 30.2. The average Bonchev–Trinajstić information content (AvgIpc) is 2.92. The summed E-state index contributed by atoms with van der Waals surface area (Å²) in [5.74, 6) is -4.53. The van der Waals surface area contributed by atoms with E-state index in [2.05, 4.69) is 15.3 Å². The number of hydrogen-bond donors (Lipinski definition) is 2. The molecule has 0 amide bonds. The molecule has 2 aliphatic rings. The fourth-order valence-corrected chi connectivity index (χ4v) is 5.46. The van der Waals surface area contributed by atoms with Crippen LogP contribution in [0.15, 0.2) is 63.5 Å². The fourth-order valence-electron chi connectivity index (χ4n) is 5.27. The Bertz CT molecular complexity index is 1240. The first-order chi connectivity index (χ1) is 19.3. The van der Waals surface area contributed by atoms with Crippen LogP contribution in [-0.4, -0.2) is 43.9 Å². The number of carbonyl (C=O) groups excluding carboxylic acids is 1. The first kappa shape index (κ1) is 32.5. The summed E-state index contributed by atoms with van der Waals surface area (Å²) in [7, 11) is 1.55. The molecule has 0 saturated heterocycles. The largest absolute Gasteiger partial charge is 0.417 e. The van der Waals surface area contributed by atoms with Crippen molar-refractivity contribution in [3.8, 4) is 0 Å². The van der Waals surface area contributed by atoms with Crippen molar-refractivity contribution in [1.29, 1.82) is 0 Å². The van der Waals surface area contributed by atoms with E-state index in [1.807, 2.05) is 0 Å². The third kappa shape index (κ3) is 9.51. The first-order valence-electron chi connectivity index (χ1n) is 13.7. The molecule has 1 saturated carbocycles. The summed E-state index contributed by atoms with van der Waals surface area (Å²) < 4.78 is 69.1. The normalized spacial score (nSPS) is 25.9. The van der Waals surface area contributed by atoms with Gasteiger partial charge in [0, 0.05) is 55.4 Å². The second-order valence-electron chi connectivity index (χ2n) is 10.7. The van der Waals surface area contributed by atoms with Crippen molar-refractivity contribution in [2.24, 2.45) is 33.5 Å². The second-order valence-corrected chi connectivity index (χ2v) is 11.1. The molecule has 1 aromatic carbocycles. The van der Waals surface area contributed by atoms with E-state index in [1.165, 1.54) is 6.21 Å². The lowest BCUT2D eigenvalue weighted by Gasteiger charge is -2.29. The molecule has 1 fully saturated rings. The minimum Gasteiger partial charge on any atom is -0.395 e. The minimum absolute atomic E-state index is 0.0213. The van der Waals surface area contributed by atoms with Crippen LogP contribution in [0.25, 0.3) is 5.57 Å². The van der Waals surface area contributed by atoms with Crippen LogP contribution in [0.1, 0.15) is 57.4 Å². The van der Waals surface area contributed by atoms with Crippen LogP contribution in [0.5, 0.6) is 0 Å². The molecule has 1 heterocycles. The number of nitrogens with zero attached hydrogens (tertiary/aromatic N) is 2. The van der Waals surface area contributed by atoms with E-state index in [1.54, 1.807) is 44.3 Å². The number of Topliss-reactive ketones (excluding diaryl/α,β-unsaturated/α-hetero) is 1. The quantitative estimate of drug-likeness (QED) is 0.193. The molecule has 3 rings (SSSR count). The Morgan fingerprint density at radius 2 is 2.00 bits per heavy atom. The van der Waals surface area contributed by atoms with Gasteiger partial charge in [-0.15, -0.1) is 0 Å². The Morgan fingerprint density at radius 1 is 1.27 bits per heavy atom. The van der Waals surface area contributed by atoms with Crippen LogP contribution in [0, 0.1) is 17.8 Å². The summed E-state index contributed by atoms with van der Waals surface area (Å²) in [6.07, 6.45) is 0.989. The van der Waals surface area contributed by atoms with Crippen molar-refractivity contribution < 1.29 is 26.7 Å². The molecule has 5 nitrogen and oxygen atoms in total. The predicted molar refractivity (Wildman–Crippen MR) is 154 cm³/mol. The molecular weight excluding hydrogens is 563 g/mol. The van der Waals surface area contributed by atoms with Gasteiger partial charge in [-0.25, -0.2) is 13.8 Å². The van der Waals surface area contributed by atoms with Crippen molar-refractivity contribution in [1.82, 2.24) is 5.32 Å². The number of alkyl halides is 5. The van der Waals surface area contributed by atoms with Gasteiger partial charge in [-0.05, 0) is 67.7 Å². The lowest BCUT2D eigenvalue weighted by molar-refractivity contribution is -0.120. The highest BCUT2D eigenvalue weighted by atomic mass is 35.5. The topological polar surface area (TPSA) is 79.8 Å². The molecule has 1 aliphatic heterocycles. The number of carbonyl (C=O) groups is 1. The highest BCUT2D eigenvalue weighted by Gasteiger charge is 2.38. The van der Waals surface area contributed by atoms with Crippen LogP contribution in [0.3, 0.4) is 0 Å². The number of hydrogen-bond acceptors (Lipinski definition) is 5. The molecular formula is C30H36ClF5N4O. The molecule has 11 heteroatoms. The monoisotopic (exact) mass is 598 g/mol. The van der Waals surface area contributed by atoms with Gasteiger partial charge in [0.25, 0.3) is 0 Å². The lowest BCUT2D eigenvalue weighted by atomic mass is 9.80. The van der Waals surface area contributed by atoms with E-state index in [4.69, 9.17) is 17.3 Å². The van der Waals surface area contributed by atoms with E-state index in [0.29, 0.717) is 22.6 Å². The zero-order valence-electron chi connectivity index (χ0n) is 23.2. The van der Waals surface area contributed by atoms with E-state index in [-0.39, 0.29) is 62.4 Å². The second kappa shape index (κ2) is 14.2. The Morgan fingerprint density at radius 3 is 2.68 bits per heavy atom. The summed E-state index contributed by atoms with van der Waals surface area (Å²) >= 11 is 6.15. The van der Waals surface area contributed by atoms with E-state index in [9.17, 15) is 26.7 Å². The van der Waals surface area contributed by atoms with Gasteiger partial charge >= 0.3 is 6.18 Å².